The monoisotopic (exact) mass is 285 g/mol. The molecular weight excluding hydrogens is 269 g/mol. The van der Waals surface area contributed by atoms with Crippen LogP contribution < -0.4 is 17.0 Å². The van der Waals surface area contributed by atoms with Gasteiger partial charge in [0.2, 0.25) is 0 Å². The summed E-state index contributed by atoms with van der Waals surface area (Å²) in [5, 5.41) is 0. The van der Waals surface area contributed by atoms with Crippen molar-refractivity contribution < 1.29 is 13.9 Å². The zero-order valence-electron chi connectivity index (χ0n) is 10.3. The van der Waals surface area contributed by atoms with Crippen LogP contribution in [0, 0.1) is 5.82 Å². The lowest BCUT2D eigenvalue weighted by atomic mass is 10.2. The summed E-state index contributed by atoms with van der Waals surface area (Å²) in [5.41, 5.74) is 8.22. The highest BCUT2D eigenvalue weighted by Gasteiger charge is 2.30. The average molecular weight is 285 g/mol. The zero-order chi connectivity index (χ0) is 13.8. The van der Waals surface area contributed by atoms with Crippen molar-refractivity contribution in [1.82, 2.24) is 5.43 Å². The molecule has 0 spiro atoms. The van der Waals surface area contributed by atoms with Crippen molar-refractivity contribution in [3.05, 3.63) is 24.0 Å². The zero-order valence-corrected chi connectivity index (χ0v) is 11.1. The minimum absolute atomic E-state index is 0.0169. The number of rotatable bonds is 4. The molecule has 0 saturated carbocycles. The summed E-state index contributed by atoms with van der Waals surface area (Å²) in [6.45, 7) is 0. The Kier molecular flexibility index (Phi) is 4.62. The Balaban J connectivity index is 1.85. The number of hydrogen-bond donors (Lipinski definition) is 3. The van der Waals surface area contributed by atoms with E-state index in [1.807, 2.05) is 0 Å². The first-order valence-corrected chi connectivity index (χ1v) is 6.92. The number of thioether (sulfide) groups is 1. The highest BCUT2D eigenvalue weighted by molar-refractivity contribution is 7.99. The second-order valence-corrected chi connectivity index (χ2v) is 5.39. The number of carbonyl (C=O) groups is 1. The van der Waals surface area contributed by atoms with E-state index in [0.717, 1.165) is 11.3 Å². The predicted octanol–water partition coefficient (Wildman–Crippen LogP) is 1.04. The minimum atomic E-state index is -0.471. The van der Waals surface area contributed by atoms with Gasteiger partial charge in [0.1, 0.15) is 11.9 Å². The predicted molar refractivity (Wildman–Crippen MR) is 71.8 cm³/mol. The van der Waals surface area contributed by atoms with E-state index in [0.29, 0.717) is 17.9 Å². The van der Waals surface area contributed by atoms with Crippen LogP contribution in [0.5, 0.6) is 0 Å². The van der Waals surface area contributed by atoms with Gasteiger partial charge in [-0.15, -0.1) is 11.8 Å². The lowest BCUT2D eigenvalue weighted by Crippen LogP contribution is -2.39. The lowest BCUT2D eigenvalue weighted by Gasteiger charge is -2.13. The number of ether oxygens (including phenoxy) is 1. The van der Waals surface area contributed by atoms with E-state index in [4.69, 9.17) is 16.3 Å². The summed E-state index contributed by atoms with van der Waals surface area (Å²) in [7, 11) is 0. The molecule has 1 aromatic carbocycles. The number of nitrogen functional groups attached to an aromatic ring is 1. The Labute approximate surface area is 114 Å². The number of nitrogens with two attached hydrogens (primary N) is 2. The number of anilines is 1. The minimum Gasteiger partial charge on any atom is -0.398 e. The Hall–Kier alpha value is -1.31. The maximum absolute atomic E-state index is 12.9. The smallest absolute Gasteiger partial charge is 0.263 e. The van der Waals surface area contributed by atoms with Crippen molar-refractivity contribution in [3.8, 4) is 0 Å². The molecule has 1 heterocycles. The third kappa shape index (κ3) is 3.59. The largest absolute Gasteiger partial charge is 0.398 e. The van der Waals surface area contributed by atoms with Gasteiger partial charge in [-0.2, -0.15) is 0 Å². The molecule has 1 aliphatic rings. The molecule has 1 aromatic rings. The number of amides is 1. The summed E-state index contributed by atoms with van der Waals surface area (Å²) in [5.74, 6) is 5.08. The van der Waals surface area contributed by atoms with E-state index in [1.165, 1.54) is 23.9 Å². The summed E-state index contributed by atoms with van der Waals surface area (Å²) in [4.78, 5) is 12.1. The topological polar surface area (TPSA) is 90.4 Å². The van der Waals surface area contributed by atoms with Crippen molar-refractivity contribution in [2.75, 3.05) is 11.5 Å². The normalized spacial score (nSPS) is 22.4. The van der Waals surface area contributed by atoms with Crippen molar-refractivity contribution in [2.45, 2.75) is 29.9 Å². The maximum Gasteiger partial charge on any atom is 0.263 e. The van der Waals surface area contributed by atoms with Crippen molar-refractivity contribution in [2.24, 2.45) is 5.84 Å². The molecule has 5 nitrogen and oxygen atoms in total. The third-order valence-corrected chi connectivity index (χ3v) is 4.16. The Morgan fingerprint density at radius 1 is 1.53 bits per heavy atom. The van der Waals surface area contributed by atoms with Crippen LogP contribution in [0.4, 0.5) is 10.1 Å². The van der Waals surface area contributed by atoms with E-state index in [1.54, 1.807) is 6.07 Å². The van der Waals surface area contributed by atoms with Crippen LogP contribution in [0.25, 0.3) is 0 Å². The number of nitrogens with one attached hydrogen (secondary N) is 1. The highest BCUT2D eigenvalue weighted by Crippen LogP contribution is 2.30. The van der Waals surface area contributed by atoms with Gasteiger partial charge in [-0.25, -0.2) is 10.2 Å². The molecule has 1 fully saturated rings. The molecule has 19 heavy (non-hydrogen) atoms. The molecule has 0 bridgehead atoms. The molecule has 0 aliphatic carbocycles. The molecule has 104 valence electrons. The number of carbonyl (C=O) groups excluding carboxylic acids is 1. The van der Waals surface area contributed by atoms with Crippen LogP contribution in [0.15, 0.2) is 23.1 Å². The summed E-state index contributed by atoms with van der Waals surface area (Å²) >= 11 is 1.49. The number of hydrazine groups is 1. The fraction of sp³-hybridized carbons (Fsp3) is 0.417. The van der Waals surface area contributed by atoms with Gasteiger partial charge in [0.25, 0.3) is 5.91 Å². The molecule has 5 N–H and O–H groups in total. The molecule has 2 atom stereocenters. The second kappa shape index (κ2) is 6.23. The fourth-order valence-electron chi connectivity index (χ4n) is 1.95. The van der Waals surface area contributed by atoms with Gasteiger partial charge >= 0.3 is 0 Å². The van der Waals surface area contributed by atoms with Crippen LogP contribution >= 0.6 is 11.8 Å². The molecule has 0 radical (unpaired) electrons. The molecule has 1 amide bonds. The van der Waals surface area contributed by atoms with Gasteiger partial charge in [-0.05, 0) is 31.0 Å². The van der Waals surface area contributed by atoms with Crippen molar-refractivity contribution in [3.63, 3.8) is 0 Å². The van der Waals surface area contributed by atoms with Crippen LogP contribution in [0.3, 0.4) is 0 Å². The van der Waals surface area contributed by atoms with E-state index in [-0.39, 0.29) is 17.8 Å². The first-order chi connectivity index (χ1) is 9.10. The van der Waals surface area contributed by atoms with Gasteiger partial charge < -0.3 is 10.5 Å². The van der Waals surface area contributed by atoms with Crippen LogP contribution in [-0.2, 0) is 9.53 Å². The average Bonchev–Trinajstić information content (AvgIpc) is 2.85. The SMILES string of the molecule is NNC(=O)C1CCC(CSc2ccc(F)cc2N)O1. The Bertz CT molecular complexity index is 472. The second-order valence-electron chi connectivity index (χ2n) is 4.33. The molecule has 7 heteroatoms. The first-order valence-electron chi connectivity index (χ1n) is 5.94. The van der Waals surface area contributed by atoms with Crippen LogP contribution in [0.2, 0.25) is 0 Å². The van der Waals surface area contributed by atoms with Crippen molar-refractivity contribution in [1.29, 1.82) is 0 Å². The van der Waals surface area contributed by atoms with Crippen molar-refractivity contribution >= 4 is 23.4 Å². The summed E-state index contributed by atoms with van der Waals surface area (Å²) in [6, 6.07) is 4.32. The Morgan fingerprint density at radius 3 is 3.00 bits per heavy atom. The lowest BCUT2D eigenvalue weighted by molar-refractivity contribution is -0.131. The molecule has 2 unspecified atom stereocenters. The first kappa shape index (κ1) is 14.1. The number of halogens is 1. The summed E-state index contributed by atoms with van der Waals surface area (Å²) < 4.78 is 18.5. The van der Waals surface area contributed by atoms with E-state index < -0.39 is 6.10 Å². The maximum atomic E-state index is 12.9. The third-order valence-electron chi connectivity index (χ3n) is 2.94. The molecule has 1 saturated heterocycles. The van der Waals surface area contributed by atoms with E-state index in [2.05, 4.69) is 5.43 Å². The van der Waals surface area contributed by atoms with E-state index in [9.17, 15) is 9.18 Å². The fourth-order valence-corrected chi connectivity index (χ4v) is 2.95. The van der Waals surface area contributed by atoms with Gasteiger partial charge in [-0.1, -0.05) is 0 Å². The number of benzene rings is 1. The summed E-state index contributed by atoms with van der Waals surface area (Å²) in [6.07, 6.45) is 0.970. The van der Waals surface area contributed by atoms with Gasteiger partial charge in [0.15, 0.2) is 0 Å². The highest BCUT2D eigenvalue weighted by atomic mass is 32.2. The molecule has 2 rings (SSSR count). The van der Waals surface area contributed by atoms with Crippen LogP contribution in [0.1, 0.15) is 12.8 Å². The molecular formula is C12H16FN3O2S. The quantitative estimate of drug-likeness (QED) is 0.253. The standard InChI is InChI=1S/C12H16FN3O2S/c13-7-1-4-11(9(14)5-7)19-6-8-2-3-10(18-8)12(17)16-15/h1,4-5,8,10H,2-3,6,14-15H2,(H,16,17). The van der Waals surface area contributed by atoms with Crippen LogP contribution in [-0.4, -0.2) is 23.9 Å². The molecule has 0 aromatic heterocycles. The van der Waals surface area contributed by atoms with Gasteiger partial charge in [0, 0.05) is 16.3 Å². The van der Waals surface area contributed by atoms with Gasteiger partial charge in [0.05, 0.1) is 6.10 Å². The Morgan fingerprint density at radius 2 is 2.32 bits per heavy atom. The number of hydrogen-bond acceptors (Lipinski definition) is 5. The molecule has 1 aliphatic heterocycles. The van der Waals surface area contributed by atoms with E-state index >= 15 is 0 Å². The van der Waals surface area contributed by atoms with Gasteiger partial charge in [-0.3, -0.25) is 10.2 Å².